The minimum Gasteiger partial charge on any atom is -0.396 e. The molecule has 1 unspecified atom stereocenters. The van der Waals surface area contributed by atoms with Crippen LogP contribution in [0.15, 0.2) is 0 Å². The number of likely N-dealkylation sites (tertiary alicyclic amines) is 1. The molecule has 4 heteroatoms. The van der Waals surface area contributed by atoms with Gasteiger partial charge in [0.15, 0.2) is 0 Å². The van der Waals surface area contributed by atoms with Gasteiger partial charge >= 0.3 is 0 Å². The maximum absolute atomic E-state index is 8.59. The number of nitrogens with zero attached hydrogens (tertiary/aromatic N) is 1. The van der Waals surface area contributed by atoms with Crippen molar-refractivity contribution in [1.82, 2.24) is 10.2 Å². The van der Waals surface area contributed by atoms with Crippen molar-refractivity contribution in [2.45, 2.75) is 18.9 Å². The van der Waals surface area contributed by atoms with Crippen LogP contribution in [0, 0.1) is 0 Å². The Balaban J connectivity index is 1.84. The molecule has 0 aromatic heterocycles. The number of hydrogen-bond acceptors (Lipinski definition) is 4. The lowest BCUT2D eigenvalue weighted by atomic mass is 10.3. The van der Waals surface area contributed by atoms with Gasteiger partial charge in [-0.2, -0.15) is 11.8 Å². The lowest BCUT2D eigenvalue weighted by Crippen LogP contribution is -2.33. The van der Waals surface area contributed by atoms with Crippen LogP contribution in [-0.2, 0) is 0 Å². The van der Waals surface area contributed by atoms with E-state index in [9.17, 15) is 0 Å². The van der Waals surface area contributed by atoms with Gasteiger partial charge in [-0.1, -0.05) is 0 Å². The zero-order valence-electron chi connectivity index (χ0n) is 9.04. The molecule has 2 N–H and O–H groups in total. The summed E-state index contributed by atoms with van der Waals surface area (Å²) in [6, 6.07) is 0.707. The Labute approximate surface area is 91.2 Å². The molecule has 0 radical (unpaired) electrons. The van der Waals surface area contributed by atoms with E-state index < -0.39 is 0 Å². The van der Waals surface area contributed by atoms with E-state index in [2.05, 4.69) is 17.3 Å². The standard InChI is InChI=1S/C10H22N2OS/c1-12-5-3-10(9-12)11-4-8-14-7-2-6-13/h10-11,13H,2-9H2,1H3. The molecule has 0 aromatic rings. The second-order valence-corrected chi connectivity index (χ2v) is 5.12. The van der Waals surface area contributed by atoms with Crippen LogP contribution in [0.3, 0.4) is 0 Å². The third-order valence-electron chi connectivity index (χ3n) is 2.52. The van der Waals surface area contributed by atoms with Crippen molar-refractivity contribution in [2.24, 2.45) is 0 Å². The van der Waals surface area contributed by atoms with Crippen molar-refractivity contribution in [1.29, 1.82) is 0 Å². The smallest absolute Gasteiger partial charge is 0.0438 e. The highest BCUT2D eigenvalue weighted by molar-refractivity contribution is 7.99. The molecule has 0 saturated carbocycles. The predicted molar refractivity (Wildman–Crippen MR) is 62.9 cm³/mol. The van der Waals surface area contributed by atoms with E-state index in [1.807, 2.05) is 11.8 Å². The first-order valence-electron chi connectivity index (χ1n) is 5.43. The summed E-state index contributed by atoms with van der Waals surface area (Å²) in [5.74, 6) is 2.25. The Hall–Kier alpha value is 0.230. The summed E-state index contributed by atoms with van der Waals surface area (Å²) in [5, 5.41) is 12.2. The highest BCUT2D eigenvalue weighted by Gasteiger charge is 2.17. The molecule has 1 rings (SSSR count). The lowest BCUT2D eigenvalue weighted by Gasteiger charge is -2.12. The average molecular weight is 218 g/mol. The molecule has 1 heterocycles. The molecular formula is C10H22N2OS. The number of hydrogen-bond donors (Lipinski definition) is 2. The molecule has 84 valence electrons. The van der Waals surface area contributed by atoms with Crippen molar-refractivity contribution < 1.29 is 5.11 Å². The fourth-order valence-electron chi connectivity index (χ4n) is 1.71. The van der Waals surface area contributed by atoms with Gasteiger partial charge in [-0.15, -0.1) is 0 Å². The van der Waals surface area contributed by atoms with Gasteiger partial charge in [0.1, 0.15) is 0 Å². The summed E-state index contributed by atoms with van der Waals surface area (Å²) in [4.78, 5) is 2.37. The van der Waals surface area contributed by atoms with Gasteiger partial charge in [0.05, 0.1) is 0 Å². The fraction of sp³-hybridized carbons (Fsp3) is 1.00. The van der Waals surface area contributed by atoms with Gasteiger partial charge < -0.3 is 15.3 Å². The van der Waals surface area contributed by atoms with Gasteiger partial charge in [0.25, 0.3) is 0 Å². The molecule has 0 spiro atoms. The normalized spacial score (nSPS) is 23.1. The highest BCUT2D eigenvalue weighted by atomic mass is 32.2. The SMILES string of the molecule is CN1CCC(NCCSCCCO)C1. The molecule has 0 amide bonds. The number of rotatable bonds is 7. The van der Waals surface area contributed by atoms with E-state index in [0.29, 0.717) is 12.6 Å². The third kappa shape index (κ3) is 5.20. The van der Waals surface area contributed by atoms with E-state index in [0.717, 1.165) is 18.7 Å². The summed E-state index contributed by atoms with van der Waals surface area (Å²) in [7, 11) is 2.18. The maximum Gasteiger partial charge on any atom is 0.0438 e. The lowest BCUT2D eigenvalue weighted by molar-refractivity contribution is 0.296. The summed E-state index contributed by atoms with van der Waals surface area (Å²) < 4.78 is 0. The van der Waals surface area contributed by atoms with Crippen molar-refractivity contribution in [3.05, 3.63) is 0 Å². The number of nitrogens with one attached hydrogen (secondary N) is 1. The summed E-state index contributed by atoms with van der Waals surface area (Å²) in [6.07, 6.45) is 2.22. The van der Waals surface area contributed by atoms with Crippen LogP contribution in [-0.4, -0.2) is 60.8 Å². The zero-order valence-corrected chi connectivity index (χ0v) is 9.85. The first-order valence-corrected chi connectivity index (χ1v) is 6.59. The van der Waals surface area contributed by atoms with Crippen LogP contribution < -0.4 is 5.32 Å². The Morgan fingerprint density at radius 3 is 3.00 bits per heavy atom. The molecule has 0 aliphatic carbocycles. The van der Waals surface area contributed by atoms with Crippen LogP contribution in [0.2, 0.25) is 0 Å². The molecule has 0 aromatic carbocycles. The maximum atomic E-state index is 8.59. The van der Waals surface area contributed by atoms with Gasteiger partial charge in [-0.25, -0.2) is 0 Å². The van der Waals surface area contributed by atoms with E-state index in [1.165, 1.54) is 25.3 Å². The Kier molecular flexibility index (Phi) is 6.60. The summed E-state index contributed by atoms with van der Waals surface area (Å²) in [6.45, 7) is 3.86. The summed E-state index contributed by atoms with van der Waals surface area (Å²) >= 11 is 1.93. The van der Waals surface area contributed by atoms with Crippen LogP contribution in [0.1, 0.15) is 12.8 Å². The van der Waals surface area contributed by atoms with Crippen molar-refractivity contribution in [3.63, 3.8) is 0 Å². The van der Waals surface area contributed by atoms with Crippen molar-refractivity contribution in [2.75, 3.05) is 44.8 Å². The molecule has 1 saturated heterocycles. The van der Waals surface area contributed by atoms with E-state index >= 15 is 0 Å². The minimum atomic E-state index is 0.327. The van der Waals surface area contributed by atoms with E-state index in [4.69, 9.17) is 5.11 Å². The van der Waals surface area contributed by atoms with Crippen LogP contribution >= 0.6 is 11.8 Å². The van der Waals surface area contributed by atoms with E-state index in [1.54, 1.807) is 0 Å². The molecule has 1 aliphatic heterocycles. The quantitative estimate of drug-likeness (QED) is 0.606. The largest absolute Gasteiger partial charge is 0.396 e. The third-order valence-corrected chi connectivity index (χ3v) is 3.59. The highest BCUT2D eigenvalue weighted by Crippen LogP contribution is 2.06. The molecule has 1 fully saturated rings. The predicted octanol–water partition coefficient (Wildman–Crippen LogP) is 0.396. The second-order valence-electron chi connectivity index (χ2n) is 3.89. The van der Waals surface area contributed by atoms with Gasteiger partial charge in [0, 0.05) is 31.5 Å². The number of thioether (sulfide) groups is 1. The van der Waals surface area contributed by atoms with Crippen LogP contribution in [0.25, 0.3) is 0 Å². The second kappa shape index (κ2) is 7.51. The first-order chi connectivity index (χ1) is 6.83. The molecular weight excluding hydrogens is 196 g/mol. The van der Waals surface area contributed by atoms with Crippen LogP contribution in [0.4, 0.5) is 0 Å². The Morgan fingerprint density at radius 1 is 1.50 bits per heavy atom. The Bertz CT molecular complexity index is 146. The Morgan fingerprint density at radius 2 is 2.36 bits per heavy atom. The van der Waals surface area contributed by atoms with Gasteiger partial charge in [0.2, 0.25) is 0 Å². The average Bonchev–Trinajstić information content (AvgIpc) is 2.58. The topological polar surface area (TPSA) is 35.5 Å². The molecule has 0 bridgehead atoms. The fourth-order valence-corrected chi connectivity index (χ4v) is 2.51. The molecule has 3 nitrogen and oxygen atoms in total. The number of aliphatic hydroxyl groups is 1. The van der Waals surface area contributed by atoms with Gasteiger partial charge in [-0.3, -0.25) is 0 Å². The van der Waals surface area contributed by atoms with Crippen LogP contribution in [0.5, 0.6) is 0 Å². The van der Waals surface area contributed by atoms with Crippen molar-refractivity contribution >= 4 is 11.8 Å². The number of aliphatic hydroxyl groups excluding tert-OH is 1. The minimum absolute atomic E-state index is 0.327. The summed E-state index contributed by atoms with van der Waals surface area (Å²) in [5.41, 5.74) is 0. The zero-order chi connectivity index (χ0) is 10.2. The van der Waals surface area contributed by atoms with E-state index in [-0.39, 0.29) is 0 Å². The molecule has 14 heavy (non-hydrogen) atoms. The molecule has 1 atom stereocenters. The number of likely N-dealkylation sites (N-methyl/N-ethyl adjacent to an activating group) is 1. The monoisotopic (exact) mass is 218 g/mol. The molecule has 1 aliphatic rings. The van der Waals surface area contributed by atoms with Gasteiger partial charge in [-0.05, 0) is 32.2 Å². The first kappa shape index (κ1) is 12.3. The van der Waals surface area contributed by atoms with Crippen molar-refractivity contribution in [3.8, 4) is 0 Å².